The minimum absolute atomic E-state index is 0.279. The van der Waals surface area contributed by atoms with Crippen LogP contribution in [0.3, 0.4) is 0 Å². The Kier molecular flexibility index (Phi) is 5.99. The summed E-state index contributed by atoms with van der Waals surface area (Å²) in [7, 11) is 0. The van der Waals surface area contributed by atoms with Gasteiger partial charge in [0.1, 0.15) is 18.1 Å². The first-order valence-corrected chi connectivity index (χ1v) is 9.27. The van der Waals surface area contributed by atoms with Gasteiger partial charge in [0, 0.05) is 5.69 Å². The average molecular weight is 380 g/mol. The number of fused-ring (bicyclic) bond motifs is 1. The molecular weight excluding hydrogens is 356 g/mol. The zero-order valence-corrected chi connectivity index (χ0v) is 16.3. The minimum atomic E-state index is -0.424. The van der Waals surface area contributed by atoms with E-state index in [1.807, 2.05) is 42.5 Å². The second-order valence-electron chi connectivity index (χ2n) is 6.46. The summed E-state index contributed by atoms with van der Waals surface area (Å²) < 4.78 is 10.8. The second kappa shape index (κ2) is 8.61. The Morgan fingerprint density at radius 2 is 1.82 bits per heavy atom. The summed E-state index contributed by atoms with van der Waals surface area (Å²) in [6, 6.07) is 13.9. The lowest BCUT2D eigenvalue weighted by atomic mass is 10.1. The van der Waals surface area contributed by atoms with Crippen LogP contribution in [-0.4, -0.2) is 36.6 Å². The number of esters is 1. The molecule has 3 rings (SSSR count). The predicted octanol–water partition coefficient (Wildman–Crippen LogP) is 3.77. The SMILES string of the molecule is CCOC(=O)c1c(C)[nH]c(C(=O)NCCOc2ccc3ccccc3c2)c1C. The number of carbonyl (C=O) groups is 2. The first kappa shape index (κ1) is 19.5. The first-order valence-electron chi connectivity index (χ1n) is 9.27. The molecule has 2 N–H and O–H groups in total. The zero-order chi connectivity index (χ0) is 20.1. The number of aromatic amines is 1. The fraction of sp³-hybridized carbons (Fsp3) is 0.273. The lowest BCUT2D eigenvalue weighted by molar-refractivity contribution is 0.0525. The summed E-state index contributed by atoms with van der Waals surface area (Å²) >= 11 is 0. The van der Waals surface area contributed by atoms with Crippen molar-refractivity contribution in [3.63, 3.8) is 0 Å². The van der Waals surface area contributed by atoms with E-state index in [0.29, 0.717) is 35.7 Å². The highest BCUT2D eigenvalue weighted by molar-refractivity contribution is 6.00. The van der Waals surface area contributed by atoms with E-state index in [1.54, 1.807) is 20.8 Å². The third-order valence-corrected chi connectivity index (χ3v) is 4.52. The van der Waals surface area contributed by atoms with Gasteiger partial charge >= 0.3 is 5.97 Å². The number of aromatic nitrogens is 1. The van der Waals surface area contributed by atoms with Crippen LogP contribution in [0.15, 0.2) is 42.5 Å². The summed E-state index contributed by atoms with van der Waals surface area (Å²) in [5, 5.41) is 5.07. The topological polar surface area (TPSA) is 80.4 Å². The van der Waals surface area contributed by atoms with Crippen molar-refractivity contribution in [1.29, 1.82) is 0 Å². The molecule has 0 radical (unpaired) electrons. The molecule has 0 aliphatic heterocycles. The van der Waals surface area contributed by atoms with E-state index >= 15 is 0 Å². The predicted molar refractivity (Wildman–Crippen MR) is 108 cm³/mol. The molecule has 0 bridgehead atoms. The molecule has 1 heterocycles. The molecule has 0 unspecified atom stereocenters. The van der Waals surface area contributed by atoms with Gasteiger partial charge in [-0.05, 0) is 49.2 Å². The number of amides is 1. The number of benzene rings is 2. The minimum Gasteiger partial charge on any atom is -0.492 e. The van der Waals surface area contributed by atoms with Crippen LogP contribution in [0.2, 0.25) is 0 Å². The van der Waals surface area contributed by atoms with Crippen LogP contribution in [0.4, 0.5) is 0 Å². The van der Waals surface area contributed by atoms with Gasteiger partial charge in [0.05, 0.1) is 18.7 Å². The van der Waals surface area contributed by atoms with Gasteiger partial charge in [-0.2, -0.15) is 0 Å². The molecule has 0 aliphatic carbocycles. The Labute approximate surface area is 163 Å². The maximum atomic E-state index is 12.4. The number of hydrogen-bond donors (Lipinski definition) is 2. The van der Waals surface area contributed by atoms with Crippen LogP contribution in [0.25, 0.3) is 10.8 Å². The van der Waals surface area contributed by atoms with E-state index in [1.165, 1.54) is 0 Å². The third-order valence-electron chi connectivity index (χ3n) is 4.52. The Bertz CT molecular complexity index is 1010. The Hall–Kier alpha value is -3.28. The van der Waals surface area contributed by atoms with Crippen LogP contribution in [0.1, 0.15) is 39.0 Å². The highest BCUT2D eigenvalue weighted by atomic mass is 16.5. The molecule has 1 amide bonds. The second-order valence-corrected chi connectivity index (χ2v) is 6.46. The van der Waals surface area contributed by atoms with Crippen molar-refractivity contribution in [3.8, 4) is 5.75 Å². The number of ether oxygens (including phenoxy) is 2. The molecular formula is C22H24N2O4. The van der Waals surface area contributed by atoms with Crippen molar-refractivity contribution < 1.29 is 19.1 Å². The number of aryl methyl sites for hydroxylation is 1. The van der Waals surface area contributed by atoms with Crippen molar-refractivity contribution in [1.82, 2.24) is 10.3 Å². The molecule has 0 spiro atoms. The quantitative estimate of drug-likeness (QED) is 0.483. The standard InChI is InChI=1S/C22H24N2O4/c1-4-27-22(26)19-14(2)20(24-15(19)3)21(25)23-11-12-28-18-10-9-16-7-5-6-8-17(16)13-18/h5-10,13,24H,4,11-12H2,1-3H3,(H,23,25). The van der Waals surface area contributed by atoms with E-state index in [9.17, 15) is 9.59 Å². The number of rotatable bonds is 7. The van der Waals surface area contributed by atoms with Crippen molar-refractivity contribution in [2.75, 3.05) is 19.8 Å². The highest BCUT2D eigenvalue weighted by Gasteiger charge is 2.22. The largest absolute Gasteiger partial charge is 0.492 e. The summed E-state index contributed by atoms with van der Waals surface area (Å²) in [6.07, 6.45) is 0. The van der Waals surface area contributed by atoms with Gasteiger partial charge in [-0.1, -0.05) is 30.3 Å². The summed E-state index contributed by atoms with van der Waals surface area (Å²) in [6.45, 7) is 6.20. The Morgan fingerprint density at radius 1 is 1.07 bits per heavy atom. The molecule has 6 heteroatoms. The van der Waals surface area contributed by atoms with Gasteiger partial charge in [-0.3, -0.25) is 4.79 Å². The molecule has 0 saturated carbocycles. The molecule has 0 atom stereocenters. The first-order chi connectivity index (χ1) is 13.5. The third kappa shape index (κ3) is 4.17. The van der Waals surface area contributed by atoms with Crippen molar-refractivity contribution in [2.24, 2.45) is 0 Å². The van der Waals surface area contributed by atoms with E-state index < -0.39 is 5.97 Å². The molecule has 2 aromatic carbocycles. The van der Waals surface area contributed by atoms with Gasteiger partial charge in [-0.25, -0.2) is 4.79 Å². The lowest BCUT2D eigenvalue weighted by Crippen LogP contribution is -2.29. The Balaban J connectivity index is 1.57. The van der Waals surface area contributed by atoms with E-state index in [4.69, 9.17) is 9.47 Å². The van der Waals surface area contributed by atoms with Crippen LogP contribution >= 0.6 is 0 Å². The van der Waals surface area contributed by atoms with Crippen LogP contribution < -0.4 is 10.1 Å². The average Bonchev–Trinajstić information content (AvgIpc) is 2.99. The molecule has 146 valence electrons. The van der Waals surface area contributed by atoms with E-state index in [0.717, 1.165) is 16.5 Å². The smallest absolute Gasteiger partial charge is 0.340 e. The van der Waals surface area contributed by atoms with Crippen molar-refractivity contribution in [2.45, 2.75) is 20.8 Å². The van der Waals surface area contributed by atoms with E-state index in [-0.39, 0.29) is 12.5 Å². The normalized spacial score (nSPS) is 10.7. The molecule has 0 fully saturated rings. The maximum absolute atomic E-state index is 12.4. The van der Waals surface area contributed by atoms with E-state index in [2.05, 4.69) is 10.3 Å². The molecule has 0 saturated heterocycles. The van der Waals surface area contributed by atoms with Gasteiger partial charge in [0.15, 0.2) is 0 Å². The van der Waals surface area contributed by atoms with Gasteiger partial charge in [-0.15, -0.1) is 0 Å². The molecule has 3 aromatic rings. The summed E-state index contributed by atoms with van der Waals surface area (Å²) in [5.74, 6) is 0.0511. The van der Waals surface area contributed by atoms with Crippen LogP contribution in [0, 0.1) is 13.8 Å². The molecule has 1 aromatic heterocycles. The number of hydrogen-bond acceptors (Lipinski definition) is 4. The Morgan fingerprint density at radius 3 is 2.57 bits per heavy atom. The van der Waals surface area contributed by atoms with Crippen LogP contribution in [-0.2, 0) is 4.74 Å². The molecule has 28 heavy (non-hydrogen) atoms. The fourth-order valence-corrected chi connectivity index (χ4v) is 3.17. The number of H-pyrrole nitrogens is 1. The highest BCUT2D eigenvalue weighted by Crippen LogP contribution is 2.21. The van der Waals surface area contributed by atoms with Gasteiger partial charge in [0.2, 0.25) is 0 Å². The fourth-order valence-electron chi connectivity index (χ4n) is 3.17. The number of nitrogens with one attached hydrogen (secondary N) is 2. The summed E-state index contributed by atoms with van der Waals surface area (Å²) in [5.41, 5.74) is 1.99. The van der Waals surface area contributed by atoms with Crippen molar-refractivity contribution in [3.05, 3.63) is 65.0 Å². The zero-order valence-electron chi connectivity index (χ0n) is 16.3. The summed E-state index contributed by atoms with van der Waals surface area (Å²) in [4.78, 5) is 27.5. The number of carbonyl (C=O) groups excluding carboxylic acids is 2. The van der Waals surface area contributed by atoms with Gasteiger partial charge < -0.3 is 19.8 Å². The van der Waals surface area contributed by atoms with Crippen molar-refractivity contribution >= 4 is 22.6 Å². The monoisotopic (exact) mass is 380 g/mol. The maximum Gasteiger partial charge on any atom is 0.340 e. The molecule has 6 nitrogen and oxygen atoms in total. The van der Waals surface area contributed by atoms with Gasteiger partial charge in [0.25, 0.3) is 5.91 Å². The van der Waals surface area contributed by atoms with Crippen LogP contribution in [0.5, 0.6) is 5.75 Å². The molecule has 0 aliphatic rings. The lowest BCUT2D eigenvalue weighted by Gasteiger charge is -2.09.